The Balaban J connectivity index is 0.00000272. The molecule has 0 spiro atoms. The van der Waals surface area contributed by atoms with Crippen LogP contribution < -0.4 is 36.1 Å². The monoisotopic (exact) mass is 498 g/mol. The van der Waals surface area contributed by atoms with Crippen LogP contribution in [0.4, 0.5) is 14.5 Å². The highest BCUT2D eigenvalue weighted by atomic mass is 79.9. The van der Waals surface area contributed by atoms with Gasteiger partial charge in [-0.05, 0) is 49.2 Å². The zero-order chi connectivity index (χ0) is 21.3. The Morgan fingerprint density at radius 3 is 2.39 bits per heavy atom. The van der Waals surface area contributed by atoms with E-state index in [1.807, 2.05) is 22.8 Å². The summed E-state index contributed by atoms with van der Waals surface area (Å²) < 4.78 is 42.4. The molecule has 6 nitrogen and oxygen atoms in total. The van der Waals surface area contributed by atoms with E-state index >= 15 is 0 Å². The zero-order valence-corrected chi connectivity index (χ0v) is 18.9. The lowest BCUT2D eigenvalue weighted by atomic mass is 10.0. The first-order valence-electron chi connectivity index (χ1n) is 9.87. The highest BCUT2D eigenvalue weighted by molar-refractivity contribution is 5.97. The fourth-order valence-corrected chi connectivity index (χ4v) is 4.28. The largest absolute Gasteiger partial charge is 1.00 e. The predicted molar refractivity (Wildman–Crippen MR) is 108 cm³/mol. The molecule has 9 heteroatoms. The number of halogens is 3. The Labute approximate surface area is 190 Å². The molecule has 0 amide bonds. The maximum absolute atomic E-state index is 12.5. The van der Waals surface area contributed by atoms with Crippen molar-refractivity contribution in [2.45, 2.75) is 31.6 Å². The number of methoxy groups -OCH3 is 2. The van der Waals surface area contributed by atoms with E-state index in [4.69, 9.17) is 9.47 Å². The van der Waals surface area contributed by atoms with Gasteiger partial charge < -0.3 is 36.3 Å². The smallest absolute Gasteiger partial charge is 0.387 e. The normalized spacial score (nSPS) is 20.4. The van der Waals surface area contributed by atoms with Crippen molar-refractivity contribution in [3.63, 3.8) is 0 Å². The quantitative estimate of drug-likeness (QED) is 0.590. The topological polar surface area (TPSA) is 54.2 Å². The van der Waals surface area contributed by atoms with Crippen molar-refractivity contribution in [3.05, 3.63) is 48.0 Å². The van der Waals surface area contributed by atoms with Gasteiger partial charge in [-0.2, -0.15) is 8.78 Å². The summed E-state index contributed by atoms with van der Waals surface area (Å²) in [6, 6.07) is 11.7. The van der Waals surface area contributed by atoms with Crippen molar-refractivity contribution >= 4 is 11.5 Å². The van der Waals surface area contributed by atoms with E-state index in [1.165, 1.54) is 12.1 Å². The van der Waals surface area contributed by atoms with Gasteiger partial charge >= 0.3 is 6.61 Å². The van der Waals surface area contributed by atoms with Crippen LogP contribution in [0.2, 0.25) is 0 Å². The van der Waals surface area contributed by atoms with Gasteiger partial charge in [-0.1, -0.05) is 0 Å². The summed E-state index contributed by atoms with van der Waals surface area (Å²) in [5.74, 6) is 2.43. The SMILES string of the molecule is COc1ccc(OC)c(N2CC(O)(c3ccc(OC(F)F)cc3)[N+]3=C2CCCC3)c1.[Br-]. The zero-order valence-electron chi connectivity index (χ0n) is 17.4. The number of anilines is 1. The van der Waals surface area contributed by atoms with Crippen molar-refractivity contribution in [1.29, 1.82) is 0 Å². The summed E-state index contributed by atoms with van der Waals surface area (Å²) in [7, 11) is 3.22. The first-order chi connectivity index (χ1) is 14.5. The average Bonchev–Trinajstić information content (AvgIpc) is 3.07. The summed E-state index contributed by atoms with van der Waals surface area (Å²) in [5, 5.41) is 11.8. The predicted octanol–water partition coefficient (Wildman–Crippen LogP) is 0.569. The first kappa shape index (κ1) is 23.3. The van der Waals surface area contributed by atoms with Gasteiger partial charge in [0.15, 0.2) is 18.0 Å². The van der Waals surface area contributed by atoms with Gasteiger partial charge in [0.25, 0.3) is 11.6 Å². The highest BCUT2D eigenvalue weighted by Gasteiger charge is 2.53. The number of nitrogens with zero attached hydrogens (tertiary/aromatic N) is 2. The second-order valence-electron chi connectivity index (χ2n) is 7.37. The molecular weight excluding hydrogens is 474 g/mol. The second-order valence-corrected chi connectivity index (χ2v) is 7.37. The molecule has 1 N–H and O–H groups in total. The van der Waals surface area contributed by atoms with E-state index < -0.39 is 12.3 Å². The Bertz CT molecular complexity index is 955. The molecule has 31 heavy (non-hydrogen) atoms. The lowest BCUT2D eigenvalue weighted by molar-refractivity contribution is -0.661. The maximum Gasteiger partial charge on any atom is 0.387 e. The van der Waals surface area contributed by atoms with Gasteiger partial charge in [-0.25, -0.2) is 9.48 Å². The Kier molecular flexibility index (Phi) is 7.06. The van der Waals surface area contributed by atoms with Gasteiger partial charge in [0.05, 0.1) is 20.8 Å². The molecule has 1 unspecified atom stereocenters. The number of hydrogen-bond acceptors (Lipinski definition) is 5. The van der Waals surface area contributed by atoms with Gasteiger partial charge in [0.2, 0.25) is 0 Å². The van der Waals surface area contributed by atoms with E-state index in [-0.39, 0.29) is 29.3 Å². The highest BCUT2D eigenvalue weighted by Crippen LogP contribution is 2.40. The number of alkyl halides is 2. The van der Waals surface area contributed by atoms with Gasteiger partial charge in [-0.15, -0.1) is 0 Å². The number of amidine groups is 1. The molecule has 1 atom stereocenters. The van der Waals surface area contributed by atoms with Crippen molar-refractivity contribution in [2.24, 2.45) is 0 Å². The van der Waals surface area contributed by atoms with Crippen molar-refractivity contribution in [1.82, 2.24) is 0 Å². The summed E-state index contributed by atoms with van der Waals surface area (Å²) in [6.45, 7) is -1.91. The number of benzene rings is 2. The van der Waals surface area contributed by atoms with E-state index in [2.05, 4.69) is 9.64 Å². The summed E-state index contributed by atoms with van der Waals surface area (Å²) in [4.78, 5) is 2.06. The molecule has 168 valence electrons. The van der Waals surface area contributed by atoms with Crippen LogP contribution in [0.1, 0.15) is 24.8 Å². The Morgan fingerprint density at radius 1 is 1.03 bits per heavy atom. The molecule has 4 rings (SSSR count). The molecule has 0 aliphatic carbocycles. The molecule has 0 radical (unpaired) electrons. The van der Waals surface area contributed by atoms with Crippen LogP contribution in [0, 0.1) is 0 Å². The maximum atomic E-state index is 12.5. The summed E-state index contributed by atoms with van der Waals surface area (Å²) >= 11 is 0. The standard InChI is InChI=1S/C22H25F2N2O4.BrH/c1-28-17-10-11-19(29-2)18(13-17)25-14-22(27,26-12-4-3-5-20(25)26)15-6-8-16(9-7-15)30-21(23)24;/h6-11,13,21,27H,3-5,12,14H2,1-2H3;1H/q+1;/p-1. The van der Waals surface area contributed by atoms with E-state index in [0.29, 0.717) is 23.6 Å². The lowest BCUT2D eigenvalue weighted by Crippen LogP contribution is -3.00. The fraction of sp³-hybridized carbons (Fsp3) is 0.409. The fourth-order valence-electron chi connectivity index (χ4n) is 4.28. The Morgan fingerprint density at radius 2 is 1.74 bits per heavy atom. The van der Waals surface area contributed by atoms with Crippen molar-refractivity contribution < 1.29 is 49.7 Å². The van der Waals surface area contributed by atoms with E-state index in [9.17, 15) is 13.9 Å². The molecule has 0 aromatic heterocycles. The average molecular weight is 499 g/mol. The molecule has 0 saturated carbocycles. The van der Waals surface area contributed by atoms with Crippen LogP contribution in [0.25, 0.3) is 0 Å². The molecule has 2 aliphatic heterocycles. The van der Waals surface area contributed by atoms with E-state index in [0.717, 1.165) is 30.8 Å². The number of aliphatic hydroxyl groups is 1. The van der Waals surface area contributed by atoms with Crippen LogP contribution in [-0.2, 0) is 5.72 Å². The third kappa shape index (κ3) is 4.34. The molecule has 0 fully saturated rings. The van der Waals surface area contributed by atoms with Gasteiger partial charge in [0, 0.05) is 18.1 Å². The van der Waals surface area contributed by atoms with Crippen LogP contribution in [0.3, 0.4) is 0 Å². The molecule has 2 heterocycles. The number of hydrogen-bond donors (Lipinski definition) is 1. The number of rotatable bonds is 6. The number of β-amino-alcohol motifs (C(OH)–C–C–N with tert-alkyl or cyclic N) is 1. The third-order valence-electron chi connectivity index (χ3n) is 5.70. The van der Waals surface area contributed by atoms with Crippen LogP contribution in [-0.4, -0.2) is 49.4 Å². The minimum atomic E-state index is -2.89. The summed E-state index contributed by atoms with van der Waals surface area (Å²) in [5.41, 5.74) is 0.132. The van der Waals surface area contributed by atoms with Crippen molar-refractivity contribution in [2.75, 3.05) is 32.2 Å². The van der Waals surface area contributed by atoms with Crippen molar-refractivity contribution in [3.8, 4) is 17.2 Å². The molecule has 0 saturated heterocycles. The van der Waals surface area contributed by atoms with E-state index in [1.54, 1.807) is 26.4 Å². The van der Waals surface area contributed by atoms with Crippen LogP contribution in [0.15, 0.2) is 42.5 Å². The molecule has 2 aliphatic rings. The molecule has 2 aromatic carbocycles. The minimum absolute atomic E-state index is 0. The summed E-state index contributed by atoms with van der Waals surface area (Å²) in [6.07, 6.45) is 2.79. The number of ether oxygens (including phenoxy) is 3. The van der Waals surface area contributed by atoms with Crippen LogP contribution in [0.5, 0.6) is 17.2 Å². The second kappa shape index (κ2) is 9.40. The minimum Gasteiger partial charge on any atom is -1.00 e. The van der Waals surface area contributed by atoms with Gasteiger partial charge in [-0.3, -0.25) is 0 Å². The lowest BCUT2D eigenvalue weighted by Gasteiger charge is -2.24. The van der Waals surface area contributed by atoms with Gasteiger partial charge in [0.1, 0.15) is 11.5 Å². The molecular formula is C22H25BrF2N2O4. The molecule has 2 aromatic rings. The first-order valence-corrected chi connectivity index (χ1v) is 9.87. The van der Waals surface area contributed by atoms with Crippen LogP contribution >= 0.6 is 0 Å². The Hall–Kier alpha value is -2.39. The third-order valence-corrected chi connectivity index (χ3v) is 5.70. The molecule has 0 bridgehead atoms.